The smallest absolute Gasteiger partial charge is 0.192 e. The van der Waals surface area contributed by atoms with Crippen molar-refractivity contribution in [2.24, 2.45) is 7.05 Å². The Morgan fingerprint density at radius 1 is 1.10 bits per heavy atom. The number of benzene rings is 2. The topological polar surface area (TPSA) is 62.1 Å². The molecule has 152 valence electrons. The molecule has 8 heteroatoms. The predicted octanol–water partition coefficient (Wildman–Crippen LogP) is 5.05. The maximum atomic E-state index is 6.07. The highest BCUT2D eigenvalue weighted by molar-refractivity contribution is 7.98. The van der Waals surface area contributed by atoms with Crippen LogP contribution in [0.3, 0.4) is 0 Å². The van der Waals surface area contributed by atoms with Gasteiger partial charge in [-0.2, -0.15) is 0 Å². The fourth-order valence-corrected chi connectivity index (χ4v) is 4.96. The van der Waals surface area contributed by atoms with E-state index in [4.69, 9.17) is 14.5 Å². The molecule has 5 rings (SSSR count). The van der Waals surface area contributed by atoms with Gasteiger partial charge in [-0.1, -0.05) is 53.7 Å². The summed E-state index contributed by atoms with van der Waals surface area (Å²) in [5.41, 5.74) is 3.44. The first-order valence-corrected chi connectivity index (χ1v) is 11.5. The summed E-state index contributed by atoms with van der Waals surface area (Å²) >= 11 is 3.28. The van der Waals surface area contributed by atoms with Crippen LogP contribution in [0.1, 0.15) is 23.2 Å². The Hall–Kier alpha value is -2.84. The summed E-state index contributed by atoms with van der Waals surface area (Å²) in [6.45, 7) is 2.51. The van der Waals surface area contributed by atoms with E-state index in [2.05, 4.69) is 46.8 Å². The number of hydrogen-bond acceptors (Lipinski definition) is 7. The van der Waals surface area contributed by atoms with E-state index in [1.807, 2.05) is 35.9 Å². The number of nitrogens with zero attached hydrogens (tertiary/aromatic N) is 4. The Kier molecular flexibility index (Phi) is 5.18. The maximum absolute atomic E-state index is 6.07. The molecule has 1 atom stereocenters. The second kappa shape index (κ2) is 8.12. The third-order valence-corrected chi connectivity index (χ3v) is 6.86. The number of aromatic nitrogens is 4. The van der Waals surface area contributed by atoms with Gasteiger partial charge in [0.2, 0.25) is 0 Å². The SMILES string of the molecule is Cc1ccc(-c2nc(CSc3nnc([C@@H]4COc5ccccc5O4)n3C)cs2)cc1. The number of thioether (sulfide) groups is 1. The number of para-hydroxylation sites is 2. The fourth-order valence-electron chi connectivity index (χ4n) is 3.22. The zero-order chi connectivity index (χ0) is 20.5. The van der Waals surface area contributed by atoms with Crippen molar-refractivity contribution in [3.05, 3.63) is 71.0 Å². The lowest BCUT2D eigenvalue weighted by molar-refractivity contribution is 0.0825. The van der Waals surface area contributed by atoms with Gasteiger partial charge in [0.25, 0.3) is 0 Å². The van der Waals surface area contributed by atoms with Gasteiger partial charge in [-0.3, -0.25) is 0 Å². The minimum absolute atomic E-state index is 0.279. The van der Waals surface area contributed by atoms with E-state index >= 15 is 0 Å². The normalized spacial score (nSPS) is 15.3. The van der Waals surface area contributed by atoms with E-state index in [-0.39, 0.29) is 6.10 Å². The molecule has 0 N–H and O–H groups in total. The van der Waals surface area contributed by atoms with Crippen molar-refractivity contribution in [1.29, 1.82) is 0 Å². The first-order chi connectivity index (χ1) is 14.7. The van der Waals surface area contributed by atoms with E-state index in [0.717, 1.165) is 44.5 Å². The summed E-state index contributed by atoms with van der Waals surface area (Å²) < 4.78 is 13.9. The summed E-state index contributed by atoms with van der Waals surface area (Å²) in [5.74, 6) is 2.99. The Labute approximate surface area is 182 Å². The van der Waals surface area contributed by atoms with Crippen molar-refractivity contribution in [3.63, 3.8) is 0 Å². The highest BCUT2D eigenvalue weighted by atomic mass is 32.2. The van der Waals surface area contributed by atoms with Crippen LogP contribution >= 0.6 is 23.1 Å². The van der Waals surface area contributed by atoms with Gasteiger partial charge >= 0.3 is 0 Å². The number of fused-ring (bicyclic) bond motifs is 1. The third-order valence-electron chi connectivity index (χ3n) is 4.86. The molecule has 3 heterocycles. The van der Waals surface area contributed by atoms with Crippen LogP contribution in [0, 0.1) is 6.92 Å². The van der Waals surface area contributed by atoms with E-state index in [1.54, 1.807) is 23.1 Å². The fraction of sp³-hybridized carbons (Fsp3) is 0.227. The van der Waals surface area contributed by atoms with Crippen LogP contribution in [-0.2, 0) is 12.8 Å². The molecule has 2 aromatic carbocycles. The minimum atomic E-state index is -0.279. The Morgan fingerprint density at radius 2 is 1.90 bits per heavy atom. The van der Waals surface area contributed by atoms with Crippen LogP contribution in [0.5, 0.6) is 11.5 Å². The molecule has 0 saturated heterocycles. The Balaban J connectivity index is 1.26. The average molecular weight is 437 g/mol. The number of ether oxygens (including phenoxy) is 2. The molecule has 0 unspecified atom stereocenters. The van der Waals surface area contributed by atoms with E-state index < -0.39 is 0 Å². The Morgan fingerprint density at radius 3 is 2.73 bits per heavy atom. The number of hydrogen-bond donors (Lipinski definition) is 0. The highest BCUT2D eigenvalue weighted by Gasteiger charge is 2.27. The van der Waals surface area contributed by atoms with Crippen LogP contribution in [0.25, 0.3) is 10.6 Å². The molecule has 0 aliphatic carbocycles. The molecule has 2 aromatic heterocycles. The molecule has 1 aliphatic heterocycles. The second-order valence-corrected chi connectivity index (χ2v) is 8.86. The van der Waals surface area contributed by atoms with Gasteiger partial charge in [0, 0.05) is 23.7 Å². The van der Waals surface area contributed by atoms with Gasteiger partial charge < -0.3 is 14.0 Å². The summed E-state index contributed by atoms with van der Waals surface area (Å²) in [6, 6.07) is 16.1. The molecule has 0 amide bonds. The quantitative estimate of drug-likeness (QED) is 0.408. The van der Waals surface area contributed by atoms with E-state index in [9.17, 15) is 0 Å². The summed E-state index contributed by atoms with van der Waals surface area (Å²) in [7, 11) is 1.96. The van der Waals surface area contributed by atoms with Crippen molar-refractivity contribution in [3.8, 4) is 22.1 Å². The molecule has 6 nitrogen and oxygen atoms in total. The first kappa shape index (κ1) is 19.1. The summed E-state index contributed by atoms with van der Waals surface area (Å²) in [4.78, 5) is 4.77. The summed E-state index contributed by atoms with van der Waals surface area (Å²) in [5, 5.41) is 12.7. The Bertz CT molecular complexity index is 1170. The molecule has 30 heavy (non-hydrogen) atoms. The molecule has 0 fully saturated rings. The maximum Gasteiger partial charge on any atom is 0.192 e. The molecule has 4 aromatic rings. The zero-order valence-corrected chi connectivity index (χ0v) is 18.2. The molecule has 0 bridgehead atoms. The molecule has 1 aliphatic rings. The van der Waals surface area contributed by atoms with Crippen molar-refractivity contribution < 1.29 is 9.47 Å². The lowest BCUT2D eigenvalue weighted by Gasteiger charge is -2.25. The van der Waals surface area contributed by atoms with Crippen LogP contribution in [-0.4, -0.2) is 26.4 Å². The monoisotopic (exact) mass is 436 g/mol. The lowest BCUT2D eigenvalue weighted by Crippen LogP contribution is -2.24. The molecule has 0 spiro atoms. The average Bonchev–Trinajstić information content (AvgIpc) is 3.39. The molecule has 0 radical (unpaired) electrons. The number of aryl methyl sites for hydroxylation is 1. The standard InChI is InChI=1S/C22H20N4O2S2/c1-14-7-9-15(10-8-14)21-23-16(12-29-21)13-30-22-25-24-20(26(22)2)19-11-27-17-5-3-4-6-18(17)28-19/h3-10,12,19H,11,13H2,1-2H3/t19-/m0/s1. The van der Waals surface area contributed by atoms with Crippen molar-refractivity contribution in [2.75, 3.05) is 6.61 Å². The van der Waals surface area contributed by atoms with Gasteiger partial charge in [0.05, 0.1) is 5.69 Å². The van der Waals surface area contributed by atoms with Crippen molar-refractivity contribution in [1.82, 2.24) is 19.7 Å². The van der Waals surface area contributed by atoms with E-state index in [0.29, 0.717) is 6.61 Å². The highest BCUT2D eigenvalue weighted by Crippen LogP contribution is 2.36. The van der Waals surface area contributed by atoms with Crippen LogP contribution in [0.2, 0.25) is 0 Å². The van der Waals surface area contributed by atoms with Gasteiger partial charge in [-0.15, -0.1) is 21.5 Å². The van der Waals surface area contributed by atoms with E-state index in [1.165, 1.54) is 5.56 Å². The van der Waals surface area contributed by atoms with Crippen molar-refractivity contribution in [2.45, 2.75) is 23.9 Å². The second-order valence-electron chi connectivity index (χ2n) is 7.06. The molecule has 0 saturated carbocycles. The number of rotatable bonds is 5. The third kappa shape index (κ3) is 3.80. The van der Waals surface area contributed by atoms with Crippen LogP contribution < -0.4 is 9.47 Å². The van der Waals surface area contributed by atoms with Crippen LogP contribution in [0.15, 0.2) is 59.1 Å². The van der Waals surface area contributed by atoms with Gasteiger partial charge in [0.15, 0.2) is 28.6 Å². The largest absolute Gasteiger partial charge is 0.485 e. The number of thiazole rings is 1. The zero-order valence-electron chi connectivity index (χ0n) is 16.6. The minimum Gasteiger partial charge on any atom is -0.485 e. The predicted molar refractivity (Wildman–Crippen MR) is 118 cm³/mol. The van der Waals surface area contributed by atoms with Crippen molar-refractivity contribution >= 4 is 23.1 Å². The lowest BCUT2D eigenvalue weighted by atomic mass is 10.2. The van der Waals surface area contributed by atoms with Crippen LogP contribution in [0.4, 0.5) is 0 Å². The van der Waals surface area contributed by atoms with Gasteiger partial charge in [-0.05, 0) is 19.1 Å². The first-order valence-electron chi connectivity index (χ1n) is 9.59. The molecular weight excluding hydrogens is 416 g/mol. The molecular formula is C22H20N4O2S2. The summed E-state index contributed by atoms with van der Waals surface area (Å²) in [6.07, 6.45) is -0.279. The van der Waals surface area contributed by atoms with Gasteiger partial charge in [0.1, 0.15) is 11.6 Å². The van der Waals surface area contributed by atoms with Gasteiger partial charge in [-0.25, -0.2) is 4.98 Å².